The molecule has 12 heteroatoms. The van der Waals surface area contributed by atoms with Crippen LogP contribution in [0.1, 0.15) is 0 Å². The molecule has 0 unspecified atom stereocenters. The smallest absolute Gasteiger partial charge is 0.244 e. The average Bonchev–Trinajstić information content (AvgIpc) is 3.24. The number of benzene rings is 2. The fraction of sp³-hybridized carbons (Fsp3) is 0.190. The van der Waals surface area contributed by atoms with E-state index in [1.807, 2.05) is 18.2 Å². The van der Waals surface area contributed by atoms with E-state index in [9.17, 15) is 8.42 Å². The summed E-state index contributed by atoms with van der Waals surface area (Å²) < 4.78 is 45.2. The predicted molar refractivity (Wildman–Crippen MR) is 121 cm³/mol. The van der Waals surface area contributed by atoms with Gasteiger partial charge in [0.1, 0.15) is 23.0 Å². The number of nitrogens with zero attached hydrogens (tertiary/aromatic N) is 4. The summed E-state index contributed by atoms with van der Waals surface area (Å²) in [4.78, 5) is -0.000726. The number of aromatic nitrogens is 4. The Kier molecular flexibility index (Phi) is 6.63. The summed E-state index contributed by atoms with van der Waals surface area (Å²) in [5.74, 6) is 1.40. The SMILES string of the molecule is COc1ccc(S(=O)(=O)NCCOc2ccc3nnc(-c4ccccc4Cl)n3n2)c(OC)c1. The zero-order chi connectivity index (χ0) is 23.4. The number of hydrogen-bond donors (Lipinski definition) is 1. The molecule has 0 amide bonds. The molecule has 2 aromatic heterocycles. The monoisotopic (exact) mass is 489 g/mol. The molecule has 4 rings (SSSR count). The van der Waals surface area contributed by atoms with Crippen LogP contribution in [0, 0.1) is 0 Å². The van der Waals surface area contributed by atoms with Crippen LogP contribution < -0.4 is 18.9 Å². The van der Waals surface area contributed by atoms with E-state index in [4.69, 9.17) is 25.8 Å². The Labute approximate surface area is 195 Å². The number of sulfonamides is 1. The fourth-order valence-corrected chi connectivity index (χ4v) is 4.45. The lowest BCUT2D eigenvalue weighted by Gasteiger charge is -2.12. The Balaban J connectivity index is 1.44. The van der Waals surface area contributed by atoms with Crippen molar-refractivity contribution in [1.29, 1.82) is 0 Å². The fourth-order valence-electron chi connectivity index (χ4n) is 3.07. The van der Waals surface area contributed by atoms with Crippen molar-refractivity contribution in [3.8, 4) is 28.8 Å². The molecule has 0 spiro atoms. The zero-order valence-electron chi connectivity index (χ0n) is 17.7. The minimum Gasteiger partial charge on any atom is -0.497 e. The van der Waals surface area contributed by atoms with E-state index >= 15 is 0 Å². The third kappa shape index (κ3) is 4.85. The minimum absolute atomic E-state index is 0.000726. The first kappa shape index (κ1) is 22.8. The molecular formula is C21H20ClN5O5S. The maximum atomic E-state index is 12.7. The van der Waals surface area contributed by atoms with Crippen LogP contribution in [-0.4, -0.2) is 55.6 Å². The second-order valence-electron chi connectivity index (χ2n) is 6.71. The van der Waals surface area contributed by atoms with Crippen LogP contribution in [0.4, 0.5) is 0 Å². The molecule has 2 heterocycles. The molecule has 0 aliphatic carbocycles. The molecular weight excluding hydrogens is 470 g/mol. The first-order valence-electron chi connectivity index (χ1n) is 9.75. The maximum Gasteiger partial charge on any atom is 0.244 e. The highest BCUT2D eigenvalue weighted by molar-refractivity contribution is 7.89. The normalized spacial score (nSPS) is 11.5. The first-order chi connectivity index (χ1) is 15.9. The third-order valence-corrected chi connectivity index (χ3v) is 6.49. The number of halogens is 1. The van der Waals surface area contributed by atoms with Gasteiger partial charge >= 0.3 is 0 Å². The quantitative estimate of drug-likeness (QED) is 0.357. The molecule has 0 radical (unpaired) electrons. The lowest BCUT2D eigenvalue weighted by atomic mass is 10.2. The average molecular weight is 490 g/mol. The van der Waals surface area contributed by atoms with Gasteiger partial charge in [0, 0.05) is 24.2 Å². The summed E-state index contributed by atoms with van der Waals surface area (Å²) in [6.07, 6.45) is 0. The van der Waals surface area contributed by atoms with Gasteiger partial charge < -0.3 is 14.2 Å². The predicted octanol–water partition coefficient (Wildman–Crippen LogP) is 2.82. The Hall–Kier alpha value is -3.41. The molecule has 0 aliphatic rings. The number of nitrogens with one attached hydrogen (secondary N) is 1. The third-order valence-electron chi connectivity index (χ3n) is 4.66. The topological polar surface area (TPSA) is 117 Å². The summed E-state index contributed by atoms with van der Waals surface area (Å²) in [5, 5.41) is 13.2. The van der Waals surface area contributed by atoms with Gasteiger partial charge in [-0.3, -0.25) is 0 Å². The van der Waals surface area contributed by atoms with E-state index in [2.05, 4.69) is 20.0 Å². The summed E-state index contributed by atoms with van der Waals surface area (Å²) >= 11 is 6.27. The van der Waals surface area contributed by atoms with Crippen molar-refractivity contribution in [2.24, 2.45) is 0 Å². The highest BCUT2D eigenvalue weighted by Gasteiger charge is 2.20. The van der Waals surface area contributed by atoms with Crippen LogP contribution >= 0.6 is 11.6 Å². The minimum atomic E-state index is -3.83. The number of rotatable bonds is 9. The summed E-state index contributed by atoms with van der Waals surface area (Å²) in [6, 6.07) is 15.0. The largest absolute Gasteiger partial charge is 0.497 e. The molecule has 1 N–H and O–H groups in total. The molecule has 2 aromatic carbocycles. The number of fused-ring (bicyclic) bond motifs is 1. The van der Waals surface area contributed by atoms with Crippen LogP contribution in [0.25, 0.3) is 17.0 Å². The molecule has 0 saturated carbocycles. The van der Waals surface area contributed by atoms with Gasteiger partial charge in [0.25, 0.3) is 0 Å². The number of ether oxygens (including phenoxy) is 3. The van der Waals surface area contributed by atoms with Gasteiger partial charge in [-0.15, -0.1) is 15.3 Å². The van der Waals surface area contributed by atoms with E-state index in [1.165, 1.54) is 30.9 Å². The van der Waals surface area contributed by atoms with Gasteiger partial charge in [-0.2, -0.15) is 4.52 Å². The highest BCUT2D eigenvalue weighted by atomic mass is 35.5. The molecule has 0 saturated heterocycles. The maximum absolute atomic E-state index is 12.7. The Morgan fingerprint density at radius 3 is 2.61 bits per heavy atom. The van der Waals surface area contributed by atoms with Crippen molar-refractivity contribution in [3.05, 3.63) is 59.6 Å². The van der Waals surface area contributed by atoms with Gasteiger partial charge in [-0.05, 0) is 30.3 Å². The Morgan fingerprint density at radius 2 is 1.85 bits per heavy atom. The zero-order valence-corrected chi connectivity index (χ0v) is 19.3. The second kappa shape index (κ2) is 9.61. The molecule has 0 bridgehead atoms. The van der Waals surface area contributed by atoms with E-state index < -0.39 is 10.0 Å². The van der Waals surface area contributed by atoms with E-state index in [1.54, 1.807) is 24.3 Å². The number of hydrogen-bond acceptors (Lipinski definition) is 8. The van der Waals surface area contributed by atoms with E-state index in [-0.39, 0.29) is 29.7 Å². The standard InChI is InChI=1S/C21H20ClN5O5S/c1-30-14-7-8-18(17(13-14)31-2)33(28,29)23-11-12-32-20-10-9-19-24-25-21(27(19)26-20)15-5-3-4-6-16(15)22/h3-10,13,23H,11-12H2,1-2H3. The van der Waals surface area contributed by atoms with Gasteiger partial charge in [0.2, 0.25) is 15.9 Å². The van der Waals surface area contributed by atoms with E-state index in [0.29, 0.717) is 27.8 Å². The van der Waals surface area contributed by atoms with Crippen molar-refractivity contribution < 1.29 is 22.6 Å². The van der Waals surface area contributed by atoms with Crippen molar-refractivity contribution in [2.45, 2.75) is 4.90 Å². The Morgan fingerprint density at radius 1 is 1.03 bits per heavy atom. The lowest BCUT2D eigenvalue weighted by Crippen LogP contribution is -2.28. The van der Waals surface area contributed by atoms with Gasteiger partial charge in [-0.25, -0.2) is 13.1 Å². The second-order valence-corrected chi connectivity index (χ2v) is 8.85. The van der Waals surface area contributed by atoms with Crippen LogP contribution in [0.2, 0.25) is 5.02 Å². The number of methoxy groups -OCH3 is 2. The first-order valence-corrected chi connectivity index (χ1v) is 11.6. The van der Waals surface area contributed by atoms with Crippen LogP contribution in [0.3, 0.4) is 0 Å². The summed E-state index contributed by atoms with van der Waals surface area (Å²) in [6.45, 7) is 0.0521. The Bertz CT molecular complexity index is 1390. The highest BCUT2D eigenvalue weighted by Crippen LogP contribution is 2.28. The van der Waals surface area contributed by atoms with Gasteiger partial charge in [0.05, 0.1) is 19.2 Å². The summed E-state index contributed by atoms with van der Waals surface area (Å²) in [5.41, 5.74) is 1.20. The van der Waals surface area contributed by atoms with Gasteiger partial charge in [-0.1, -0.05) is 23.7 Å². The lowest BCUT2D eigenvalue weighted by molar-refractivity contribution is 0.305. The molecule has 0 fully saturated rings. The molecule has 172 valence electrons. The molecule has 0 aliphatic heterocycles. The molecule has 0 atom stereocenters. The van der Waals surface area contributed by atoms with Crippen LogP contribution in [-0.2, 0) is 10.0 Å². The van der Waals surface area contributed by atoms with Crippen LogP contribution in [0.15, 0.2) is 59.5 Å². The van der Waals surface area contributed by atoms with Crippen molar-refractivity contribution in [2.75, 3.05) is 27.4 Å². The molecule has 33 heavy (non-hydrogen) atoms. The van der Waals surface area contributed by atoms with Crippen molar-refractivity contribution in [1.82, 2.24) is 24.5 Å². The van der Waals surface area contributed by atoms with Crippen molar-refractivity contribution >= 4 is 27.3 Å². The van der Waals surface area contributed by atoms with E-state index in [0.717, 1.165) is 0 Å². The molecule has 10 nitrogen and oxygen atoms in total. The molecule has 4 aromatic rings. The van der Waals surface area contributed by atoms with Crippen molar-refractivity contribution in [3.63, 3.8) is 0 Å². The van der Waals surface area contributed by atoms with Crippen LogP contribution in [0.5, 0.6) is 17.4 Å². The summed E-state index contributed by atoms with van der Waals surface area (Å²) in [7, 11) is -0.950. The van der Waals surface area contributed by atoms with Gasteiger partial charge in [0.15, 0.2) is 11.5 Å².